The summed E-state index contributed by atoms with van der Waals surface area (Å²) in [5.41, 5.74) is 0.738. The molecule has 0 bridgehead atoms. The predicted octanol–water partition coefficient (Wildman–Crippen LogP) is 4.93. The summed E-state index contributed by atoms with van der Waals surface area (Å²) < 4.78 is 26.1. The van der Waals surface area contributed by atoms with E-state index in [4.69, 9.17) is 0 Å². The molecule has 0 saturated heterocycles. The molecule has 150 valence electrons. The number of hydrogen-bond acceptors (Lipinski definition) is 2. The molecule has 4 unspecified atom stereocenters. The van der Waals surface area contributed by atoms with E-state index < -0.39 is 10.0 Å². The van der Waals surface area contributed by atoms with Gasteiger partial charge in [-0.25, -0.2) is 12.7 Å². The van der Waals surface area contributed by atoms with Crippen LogP contribution in [0.2, 0.25) is 0 Å². The minimum Gasteiger partial charge on any atom is -0.213 e. The van der Waals surface area contributed by atoms with Crippen LogP contribution in [0.25, 0.3) is 0 Å². The summed E-state index contributed by atoms with van der Waals surface area (Å²) in [6.45, 7) is 7.49. The molecule has 0 spiro atoms. The van der Waals surface area contributed by atoms with Crippen molar-refractivity contribution in [3.8, 4) is 0 Å². The average Bonchev–Trinajstić information content (AvgIpc) is 2.91. The Labute approximate surface area is 161 Å². The van der Waals surface area contributed by atoms with Gasteiger partial charge >= 0.3 is 0 Å². The number of sulfonamides is 1. The van der Waals surface area contributed by atoms with E-state index in [1.54, 1.807) is 4.31 Å². The molecule has 26 heavy (non-hydrogen) atoms. The zero-order valence-corrected chi connectivity index (χ0v) is 18.3. The highest BCUT2D eigenvalue weighted by Crippen LogP contribution is 2.67. The van der Waals surface area contributed by atoms with Crippen molar-refractivity contribution in [3.05, 3.63) is 0 Å². The van der Waals surface area contributed by atoms with E-state index in [2.05, 4.69) is 20.8 Å². The maximum Gasteiger partial charge on any atom is 0.211 e. The molecule has 4 saturated carbocycles. The van der Waals surface area contributed by atoms with Crippen LogP contribution < -0.4 is 0 Å². The van der Waals surface area contributed by atoms with E-state index >= 15 is 0 Å². The Balaban J connectivity index is 1.60. The summed E-state index contributed by atoms with van der Waals surface area (Å²) in [5, 5.41) is 0. The molecule has 0 N–H and O–H groups in total. The molecule has 4 aliphatic carbocycles. The Morgan fingerprint density at radius 3 is 2.23 bits per heavy atom. The molecule has 3 nitrogen and oxygen atoms in total. The molecule has 4 heteroatoms. The SMILES string of the molecule is CC1CC[C@@]2(C)C(CC[C@@H]3C2CC[C@@]2(C)C3CC[C@@H]2N(C)S(C)(=O)=O)C1. The lowest BCUT2D eigenvalue weighted by atomic mass is 9.44. The van der Waals surface area contributed by atoms with Crippen molar-refractivity contribution < 1.29 is 8.42 Å². The molecular weight excluding hydrogens is 342 g/mol. The minimum atomic E-state index is -3.11. The van der Waals surface area contributed by atoms with Crippen LogP contribution in [0, 0.1) is 40.4 Å². The molecule has 0 radical (unpaired) electrons. The Morgan fingerprint density at radius 1 is 0.885 bits per heavy atom. The first-order valence-corrected chi connectivity index (χ1v) is 12.8. The summed E-state index contributed by atoms with van der Waals surface area (Å²) in [5.74, 6) is 4.30. The fourth-order valence-corrected chi connectivity index (χ4v) is 9.08. The summed E-state index contributed by atoms with van der Waals surface area (Å²) in [4.78, 5) is 0. The second kappa shape index (κ2) is 6.20. The Kier molecular flexibility index (Phi) is 4.59. The number of nitrogens with zero attached hydrogens (tertiary/aromatic N) is 1. The lowest BCUT2D eigenvalue weighted by molar-refractivity contribution is -0.116. The number of hydrogen-bond donors (Lipinski definition) is 0. The van der Waals surface area contributed by atoms with Gasteiger partial charge in [0.2, 0.25) is 10.0 Å². The molecule has 0 aromatic carbocycles. The smallest absolute Gasteiger partial charge is 0.211 e. The summed E-state index contributed by atoms with van der Waals surface area (Å²) in [6.07, 6.45) is 13.3. The molecule has 0 aromatic rings. The van der Waals surface area contributed by atoms with Crippen LogP contribution in [0.15, 0.2) is 0 Å². The molecule has 0 amide bonds. The third-order valence-electron chi connectivity index (χ3n) is 9.84. The van der Waals surface area contributed by atoms with E-state index in [0.29, 0.717) is 5.41 Å². The third-order valence-corrected chi connectivity index (χ3v) is 11.1. The van der Waals surface area contributed by atoms with Crippen LogP contribution in [-0.4, -0.2) is 32.1 Å². The maximum atomic E-state index is 12.2. The van der Waals surface area contributed by atoms with Crippen molar-refractivity contribution in [2.45, 2.75) is 84.6 Å². The molecule has 4 rings (SSSR count). The van der Waals surface area contributed by atoms with Crippen molar-refractivity contribution in [2.75, 3.05) is 13.3 Å². The first-order chi connectivity index (χ1) is 12.1. The van der Waals surface area contributed by atoms with Crippen LogP contribution in [0.4, 0.5) is 0 Å². The van der Waals surface area contributed by atoms with Crippen LogP contribution >= 0.6 is 0 Å². The van der Waals surface area contributed by atoms with Crippen molar-refractivity contribution in [3.63, 3.8) is 0 Å². The van der Waals surface area contributed by atoms with Gasteiger partial charge in [-0.2, -0.15) is 0 Å². The van der Waals surface area contributed by atoms with Crippen molar-refractivity contribution >= 4 is 10.0 Å². The normalized spacial score (nSPS) is 51.6. The van der Waals surface area contributed by atoms with E-state index in [1.807, 2.05) is 7.05 Å². The number of rotatable bonds is 2. The van der Waals surface area contributed by atoms with Gasteiger partial charge in [-0.15, -0.1) is 0 Å². The summed E-state index contributed by atoms with van der Waals surface area (Å²) >= 11 is 0. The first-order valence-electron chi connectivity index (χ1n) is 11.0. The Bertz CT molecular complexity index is 661. The Morgan fingerprint density at radius 2 is 1.54 bits per heavy atom. The van der Waals surface area contributed by atoms with Crippen molar-refractivity contribution in [2.24, 2.45) is 40.4 Å². The van der Waals surface area contributed by atoms with E-state index in [9.17, 15) is 8.42 Å². The molecule has 4 fully saturated rings. The predicted molar refractivity (Wildman–Crippen MR) is 107 cm³/mol. The van der Waals surface area contributed by atoms with Gasteiger partial charge in [0.05, 0.1) is 6.26 Å². The fourth-order valence-electron chi connectivity index (χ4n) is 8.27. The molecular formula is C22H39NO2S. The molecule has 0 aliphatic heterocycles. The third kappa shape index (κ3) is 2.72. The largest absolute Gasteiger partial charge is 0.213 e. The Hall–Kier alpha value is -0.0900. The van der Waals surface area contributed by atoms with Gasteiger partial charge < -0.3 is 0 Å². The molecule has 0 aromatic heterocycles. The lowest BCUT2D eigenvalue weighted by Crippen LogP contribution is -2.55. The molecule has 0 heterocycles. The minimum absolute atomic E-state index is 0.185. The van der Waals surface area contributed by atoms with Crippen LogP contribution in [0.5, 0.6) is 0 Å². The highest BCUT2D eigenvalue weighted by Gasteiger charge is 2.61. The van der Waals surface area contributed by atoms with E-state index in [-0.39, 0.29) is 11.5 Å². The van der Waals surface area contributed by atoms with Gasteiger partial charge in [-0.1, -0.05) is 27.2 Å². The highest BCUT2D eigenvalue weighted by atomic mass is 32.2. The van der Waals surface area contributed by atoms with Gasteiger partial charge in [0.1, 0.15) is 0 Å². The van der Waals surface area contributed by atoms with Crippen LogP contribution in [0.1, 0.15) is 78.6 Å². The molecule has 8 atom stereocenters. The van der Waals surface area contributed by atoms with Gasteiger partial charge in [-0.3, -0.25) is 0 Å². The van der Waals surface area contributed by atoms with Gasteiger partial charge in [0, 0.05) is 13.1 Å². The zero-order chi connectivity index (χ0) is 18.9. The highest BCUT2D eigenvalue weighted by molar-refractivity contribution is 7.88. The van der Waals surface area contributed by atoms with E-state index in [0.717, 1.165) is 36.0 Å². The van der Waals surface area contributed by atoms with E-state index in [1.165, 1.54) is 57.6 Å². The van der Waals surface area contributed by atoms with Crippen molar-refractivity contribution in [1.29, 1.82) is 0 Å². The summed E-state index contributed by atoms with van der Waals surface area (Å²) in [7, 11) is -1.29. The topological polar surface area (TPSA) is 37.4 Å². The van der Waals surface area contributed by atoms with Crippen LogP contribution in [-0.2, 0) is 10.0 Å². The monoisotopic (exact) mass is 381 g/mol. The zero-order valence-electron chi connectivity index (χ0n) is 17.5. The first kappa shape index (κ1) is 19.2. The van der Waals surface area contributed by atoms with Crippen molar-refractivity contribution in [1.82, 2.24) is 4.31 Å². The standard InChI is InChI=1S/C22H39NO2S/c1-15-10-12-21(2)16(14-15)6-7-17-18-8-9-20(23(4)26(5,24)25)22(18,3)13-11-19(17)21/h15-20H,6-14H2,1-5H3/t15?,16?,17-,18?,19?,20-,21-,22-/m0/s1. The number of fused-ring (bicyclic) bond motifs is 5. The van der Waals surface area contributed by atoms with Gasteiger partial charge in [-0.05, 0) is 91.8 Å². The lowest BCUT2D eigenvalue weighted by Gasteiger charge is -2.61. The second-order valence-corrected chi connectivity index (χ2v) is 13.0. The fraction of sp³-hybridized carbons (Fsp3) is 1.00. The average molecular weight is 382 g/mol. The second-order valence-electron chi connectivity index (χ2n) is 11.0. The molecule has 4 aliphatic rings. The van der Waals surface area contributed by atoms with Crippen LogP contribution in [0.3, 0.4) is 0 Å². The quantitative estimate of drug-likeness (QED) is 0.680. The summed E-state index contributed by atoms with van der Waals surface area (Å²) in [6, 6.07) is 0.209. The van der Waals surface area contributed by atoms with Gasteiger partial charge in [0.15, 0.2) is 0 Å². The maximum absolute atomic E-state index is 12.2. The van der Waals surface area contributed by atoms with Gasteiger partial charge in [0.25, 0.3) is 0 Å².